The van der Waals surface area contributed by atoms with Crippen molar-refractivity contribution in [1.29, 1.82) is 0 Å². The van der Waals surface area contributed by atoms with Crippen molar-refractivity contribution in [2.75, 3.05) is 20.1 Å². The summed E-state index contributed by atoms with van der Waals surface area (Å²) in [5.41, 5.74) is -0.402. The summed E-state index contributed by atoms with van der Waals surface area (Å²) >= 11 is 0. The Morgan fingerprint density at radius 3 is 2.53 bits per heavy atom. The van der Waals surface area contributed by atoms with E-state index >= 15 is 0 Å². The fourth-order valence-electron chi connectivity index (χ4n) is 1.53. The van der Waals surface area contributed by atoms with Crippen molar-refractivity contribution < 1.29 is 9.53 Å². The van der Waals surface area contributed by atoms with Gasteiger partial charge in [-0.25, -0.2) is 0 Å². The van der Waals surface area contributed by atoms with Crippen LogP contribution >= 0.6 is 0 Å². The quantitative estimate of drug-likeness (QED) is 0.650. The van der Waals surface area contributed by atoms with E-state index in [9.17, 15) is 4.79 Å². The van der Waals surface area contributed by atoms with Gasteiger partial charge in [-0.1, -0.05) is 0 Å². The summed E-state index contributed by atoms with van der Waals surface area (Å²) in [4.78, 5) is 13.9. The average molecular weight is 214 g/mol. The molecule has 0 aromatic carbocycles. The van der Waals surface area contributed by atoms with E-state index in [1.165, 1.54) is 0 Å². The average Bonchev–Trinajstić information content (AvgIpc) is 2.06. The van der Waals surface area contributed by atoms with E-state index in [-0.39, 0.29) is 12.0 Å². The molecule has 1 N–H and O–H groups in total. The Morgan fingerprint density at radius 1 is 1.47 bits per heavy atom. The zero-order chi connectivity index (χ0) is 11.6. The molecule has 0 aliphatic carbocycles. The molecule has 4 nitrogen and oxygen atoms in total. The number of likely N-dealkylation sites (N-methyl/N-ethyl adjacent to an activating group) is 1. The van der Waals surface area contributed by atoms with Crippen LogP contribution in [-0.2, 0) is 9.53 Å². The lowest BCUT2D eigenvalue weighted by molar-refractivity contribution is -0.158. The third kappa shape index (κ3) is 3.80. The monoisotopic (exact) mass is 214 g/mol. The molecular weight excluding hydrogens is 192 g/mol. The summed E-state index contributed by atoms with van der Waals surface area (Å²) in [7, 11) is 2.03. The maximum atomic E-state index is 11.8. The zero-order valence-corrected chi connectivity index (χ0v) is 10.3. The maximum absolute atomic E-state index is 11.8. The van der Waals surface area contributed by atoms with E-state index < -0.39 is 5.60 Å². The Morgan fingerprint density at radius 2 is 2.07 bits per heavy atom. The zero-order valence-electron chi connectivity index (χ0n) is 10.3. The molecule has 1 aliphatic heterocycles. The number of esters is 1. The van der Waals surface area contributed by atoms with Gasteiger partial charge in [-0.05, 0) is 34.7 Å². The lowest BCUT2D eigenvalue weighted by Crippen LogP contribution is -2.57. The SMILES string of the molecule is CC1CNC(C(=O)OC(C)(C)C)CN1C. The van der Waals surface area contributed by atoms with Crippen molar-refractivity contribution >= 4 is 5.97 Å². The molecule has 0 amide bonds. The molecule has 1 heterocycles. The molecule has 0 saturated carbocycles. The Hall–Kier alpha value is -0.610. The van der Waals surface area contributed by atoms with Crippen LogP contribution in [0.3, 0.4) is 0 Å². The van der Waals surface area contributed by atoms with Gasteiger partial charge >= 0.3 is 5.97 Å². The van der Waals surface area contributed by atoms with Crippen molar-refractivity contribution in [3.05, 3.63) is 0 Å². The number of hydrogen-bond acceptors (Lipinski definition) is 4. The maximum Gasteiger partial charge on any atom is 0.324 e. The van der Waals surface area contributed by atoms with Crippen molar-refractivity contribution in [2.24, 2.45) is 0 Å². The first kappa shape index (κ1) is 12.5. The van der Waals surface area contributed by atoms with Crippen LogP contribution < -0.4 is 5.32 Å². The van der Waals surface area contributed by atoms with Crippen molar-refractivity contribution in [3.63, 3.8) is 0 Å². The third-order valence-corrected chi connectivity index (χ3v) is 2.57. The molecule has 2 atom stereocenters. The summed E-state index contributed by atoms with van der Waals surface area (Å²) in [6.45, 7) is 9.36. The molecule has 0 spiro atoms. The normalized spacial score (nSPS) is 28.9. The molecule has 0 aromatic rings. The number of ether oxygens (including phenoxy) is 1. The number of carbonyl (C=O) groups excluding carboxylic acids is 1. The topological polar surface area (TPSA) is 41.6 Å². The molecule has 0 radical (unpaired) electrons. The minimum atomic E-state index is -0.402. The van der Waals surface area contributed by atoms with E-state index in [0.717, 1.165) is 13.1 Å². The second kappa shape index (κ2) is 4.49. The van der Waals surface area contributed by atoms with Crippen molar-refractivity contribution in [1.82, 2.24) is 10.2 Å². The van der Waals surface area contributed by atoms with Gasteiger partial charge in [0, 0.05) is 19.1 Å². The highest BCUT2D eigenvalue weighted by Gasteiger charge is 2.30. The van der Waals surface area contributed by atoms with Crippen LogP contribution in [0, 0.1) is 0 Å². The van der Waals surface area contributed by atoms with E-state index in [4.69, 9.17) is 4.74 Å². The van der Waals surface area contributed by atoms with Crippen LogP contribution in [0.4, 0.5) is 0 Å². The summed E-state index contributed by atoms with van der Waals surface area (Å²) in [5.74, 6) is -0.152. The van der Waals surface area contributed by atoms with E-state index in [1.54, 1.807) is 0 Å². The van der Waals surface area contributed by atoms with Crippen LogP contribution in [-0.4, -0.2) is 48.7 Å². The first-order chi connectivity index (χ1) is 6.79. The molecule has 1 rings (SSSR count). The van der Waals surface area contributed by atoms with Crippen LogP contribution in [0.1, 0.15) is 27.7 Å². The fourth-order valence-corrected chi connectivity index (χ4v) is 1.53. The lowest BCUT2D eigenvalue weighted by atomic mass is 10.1. The van der Waals surface area contributed by atoms with Crippen molar-refractivity contribution in [2.45, 2.75) is 45.4 Å². The summed E-state index contributed by atoms with van der Waals surface area (Å²) in [5, 5.41) is 3.21. The fraction of sp³-hybridized carbons (Fsp3) is 0.909. The largest absolute Gasteiger partial charge is 0.459 e. The van der Waals surface area contributed by atoms with Gasteiger partial charge in [0.25, 0.3) is 0 Å². The van der Waals surface area contributed by atoms with Crippen LogP contribution in [0.2, 0.25) is 0 Å². The number of nitrogens with zero attached hydrogens (tertiary/aromatic N) is 1. The second-order valence-electron chi connectivity index (χ2n) is 5.28. The molecule has 2 unspecified atom stereocenters. The van der Waals surface area contributed by atoms with Gasteiger partial charge in [0.05, 0.1) is 0 Å². The standard InChI is InChI=1S/C11H22N2O2/c1-8-6-12-9(7-13(8)5)10(14)15-11(2,3)4/h8-9,12H,6-7H2,1-5H3. The molecular formula is C11H22N2O2. The first-order valence-corrected chi connectivity index (χ1v) is 5.46. The highest BCUT2D eigenvalue weighted by Crippen LogP contribution is 2.11. The number of rotatable bonds is 1. The van der Waals surface area contributed by atoms with Gasteiger partial charge in [-0.2, -0.15) is 0 Å². The van der Waals surface area contributed by atoms with E-state index in [1.807, 2.05) is 27.8 Å². The number of piperazine rings is 1. The second-order valence-corrected chi connectivity index (χ2v) is 5.28. The molecule has 15 heavy (non-hydrogen) atoms. The number of nitrogens with one attached hydrogen (secondary N) is 1. The molecule has 0 bridgehead atoms. The van der Waals surface area contributed by atoms with Crippen molar-refractivity contribution in [3.8, 4) is 0 Å². The van der Waals surface area contributed by atoms with Crippen LogP contribution in [0.5, 0.6) is 0 Å². The molecule has 1 fully saturated rings. The minimum absolute atomic E-state index is 0.152. The summed E-state index contributed by atoms with van der Waals surface area (Å²) in [6, 6.07) is 0.286. The van der Waals surface area contributed by atoms with Gasteiger partial charge in [-0.15, -0.1) is 0 Å². The molecule has 0 aromatic heterocycles. The number of hydrogen-bond donors (Lipinski definition) is 1. The molecule has 1 aliphatic rings. The van der Waals surface area contributed by atoms with Gasteiger partial charge in [0.2, 0.25) is 0 Å². The highest BCUT2D eigenvalue weighted by molar-refractivity contribution is 5.76. The molecule has 1 saturated heterocycles. The highest BCUT2D eigenvalue weighted by atomic mass is 16.6. The van der Waals surface area contributed by atoms with Crippen LogP contribution in [0.25, 0.3) is 0 Å². The lowest BCUT2D eigenvalue weighted by Gasteiger charge is -2.36. The number of carbonyl (C=O) groups is 1. The minimum Gasteiger partial charge on any atom is -0.459 e. The van der Waals surface area contributed by atoms with E-state index in [0.29, 0.717) is 6.04 Å². The Labute approximate surface area is 92.0 Å². The third-order valence-electron chi connectivity index (χ3n) is 2.57. The van der Waals surface area contributed by atoms with Gasteiger partial charge in [-0.3, -0.25) is 4.79 Å². The van der Waals surface area contributed by atoms with Crippen LogP contribution in [0.15, 0.2) is 0 Å². The Kier molecular flexibility index (Phi) is 3.73. The predicted molar refractivity (Wildman–Crippen MR) is 59.7 cm³/mol. The van der Waals surface area contributed by atoms with E-state index in [2.05, 4.69) is 17.1 Å². The molecule has 88 valence electrons. The smallest absolute Gasteiger partial charge is 0.324 e. The Balaban J connectivity index is 2.48. The first-order valence-electron chi connectivity index (χ1n) is 5.46. The van der Waals surface area contributed by atoms with Gasteiger partial charge in [0.15, 0.2) is 0 Å². The van der Waals surface area contributed by atoms with Gasteiger partial charge in [0.1, 0.15) is 11.6 Å². The molecule has 4 heteroatoms. The predicted octanol–water partition coefficient (Wildman–Crippen LogP) is 0.620. The van der Waals surface area contributed by atoms with Gasteiger partial charge < -0.3 is 15.0 Å². The Bertz CT molecular complexity index is 235. The summed E-state index contributed by atoms with van der Waals surface area (Å²) in [6.07, 6.45) is 0. The summed E-state index contributed by atoms with van der Waals surface area (Å²) < 4.78 is 5.33.